The molecule has 0 saturated heterocycles. The molecular formula is C29H33NO3. The van der Waals surface area contributed by atoms with E-state index < -0.39 is 0 Å². The van der Waals surface area contributed by atoms with Crippen LogP contribution in [0.15, 0.2) is 66.7 Å². The minimum Gasteiger partial charge on any atom is -0.497 e. The van der Waals surface area contributed by atoms with Crippen molar-refractivity contribution in [1.29, 1.82) is 0 Å². The highest BCUT2D eigenvalue weighted by Gasteiger charge is 2.31. The van der Waals surface area contributed by atoms with Crippen molar-refractivity contribution < 1.29 is 14.3 Å². The lowest BCUT2D eigenvalue weighted by Gasteiger charge is -2.32. The van der Waals surface area contributed by atoms with Crippen LogP contribution in [0, 0.1) is 0 Å². The number of rotatable bonds is 7. The minimum atomic E-state index is -0.191. The number of para-hydroxylation sites is 1. The highest BCUT2D eigenvalue weighted by atomic mass is 16.5. The molecule has 1 aliphatic carbocycles. The molecule has 3 aromatic carbocycles. The molecular weight excluding hydrogens is 410 g/mol. The predicted octanol–water partition coefficient (Wildman–Crippen LogP) is 6.48. The van der Waals surface area contributed by atoms with Gasteiger partial charge in [-0.3, -0.25) is 4.79 Å². The average molecular weight is 444 g/mol. The van der Waals surface area contributed by atoms with Crippen LogP contribution in [0.4, 0.5) is 5.69 Å². The lowest BCUT2D eigenvalue weighted by molar-refractivity contribution is -0.120. The van der Waals surface area contributed by atoms with Crippen LogP contribution in [-0.2, 0) is 17.8 Å². The molecule has 0 fully saturated rings. The Balaban J connectivity index is 1.74. The van der Waals surface area contributed by atoms with Crippen LogP contribution in [0.3, 0.4) is 0 Å². The Labute approximate surface area is 197 Å². The van der Waals surface area contributed by atoms with Gasteiger partial charge >= 0.3 is 0 Å². The highest BCUT2D eigenvalue weighted by molar-refractivity contribution is 5.98. The number of amides is 1. The first-order valence-electron chi connectivity index (χ1n) is 11.7. The van der Waals surface area contributed by atoms with Crippen LogP contribution >= 0.6 is 0 Å². The van der Waals surface area contributed by atoms with Crippen LogP contribution in [0.5, 0.6) is 11.5 Å². The highest BCUT2D eigenvalue weighted by Crippen LogP contribution is 2.37. The van der Waals surface area contributed by atoms with Crippen molar-refractivity contribution in [3.8, 4) is 11.5 Å². The molecule has 33 heavy (non-hydrogen) atoms. The van der Waals surface area contributed by atoms with Gasteiger partial charge in [-0.25, -0.2) is 0 Å². The molecule has 1 amide bonds. The Morgan fingerprint density at radius 1 is 1.00 bits per heavy atom. The fourth-order valence-corrected chi connectivity index (χ4v) is 4.69. The summed E-state index contributed by atoms with van der Waals surface area (Å²) in [7, 11) is 3.34. The number of methoxy groups -OCH3 is 2. The predicted molar refractivity (Wildman–Crippen MR) is 133 cm³/mol. The Morgan fingerprint density at radius 3 is 2.45 bits per heavy atom. The van der Waals surface area contributed by atoms with E-state index in [-0.39, 0.29) is 11.8 Å². The summed E-state index contributed by atoms with van der Waals surface area (Å²) >= 11 is 0. The first-order valence-corrected chi connectivity index (χ1v) is 11.7. The zero-order valence-corrected chi connectivity index (χ0v) is 20.0. The van der Waals surface area contributed by atoms with Crippen molar-refractivity contribution in [3.05, 3.63) is 89.0 Å². The normalized spacial score (nSPS) is 15.1. The third-order valence-corrected chi connectivity index (χ3v) is 6.62. The molecule has 172 valence electrons. The van der Waals surface area contributed by atoms with Crippen molar-refractivity contribution in [2.75, 3.05) is 19.1 Å². The average Bonchev–Trinajstić information content (AvgIpc) is 2.86. The molecule has 4 rings (SSSR count). The summed E-state index contributed by atoms with van der Waals surface area (Å²) < 4.78 is 11.1. The van der Waals surface area contributed by atoms with Gasteiger partial charge in [0.1, 0.15) is 11.5 Å². The fourth-order valence-electron chi connectivity index (χ4n) is 4.69. The van der Waals surface area contributed by atoms with Gasteiger partial charge in [0.25, 0.3) is 0 Å². The summed E-state index contributed by atoms with van der Waals surface area (Å²) in [6, 6.07) is 22.4. The van der Waals surface area contributed by atoms with Crippen LogP contribution in [0.1, 0.15) is 60.8 Å². The molecule has 1 atom stereocenters. The first kappa shape index (κ1) is 22.9. The van der Waals surface area contributed by atoms with Gasteiger partial charge in [0.15, 0.2) is 0 Å². The molecule has 4 nitrogen and oxygen atoms in total. The SMILES string of the molecule is COc1ccc2c(c1)C(C(=O)N(Cc1ccccc1OC)c1ccc(C(C)C)cc1)CCC2. The van der Waals surface area contributed by atoms with Crippen LogP contribution < -0.4 is 14.4 Å². The van der Waals surface area contributed by atoms with Gasteiger partial charge < -0.3 is 14.4 Å². The van der Waals surface area contributed by atoms with Crippen LogP contribution in [0.25, 0.3) is 0 Å². The van der Waals surface area contributed by atoms with Gasteiger partial charge in [0.05, 0.1) is 26.7 Å². The second-order valence-electron chi connectivity index (χ2n) is 8.99. The van der Waals surface area contributed by atoms with E-state index in [1.54, 1.807) is 14.2 Å². The molecule has 0 spiro atoms. The Kier molecular flexibility index (Phi) is 7.02. The number of anilines is 1. The van der Waals surface area contributed by atoms with E-state index in [2.05, 4.69) is 44.2 Å². The lowest BCUT2D eigenvalue weighted by atomic mass is 9.81. The number of fused-ring (bicyclic) bond motifs is 1. The summed E-state index contributed by atoms with van der Waals surface area (Å²) in [5.41, 5.74) is 5.49. The standard InChI is InChI=1S/C29H33NO3/c1-20(2)21-12-15-24(16-13-21)30(19-23-8-5-6-11-28(23)33-4)29(31)26-10-7-9-22-14-17-25(32-3)18-27(22)26/h5-6,8,11-18,20,26H,7,9-10,19H2,1-4H3. The van der Waals surface area contributed by atoms with Gasteiger partial charge in [-0.1, -0.05) is 50.2 Å². The van der Waals surface area contributed by atoms with E-state index in [0.717, 1.165) is 47.6 Å². The minimum absolute atomic E-state index is 0.118. The molecule has 0 saturated carbocycles. The summed E-state index contributed by atoms with van der Waals surface area (Å²) in [5.74, 6) is 1.96. The smallest absolute Gasteiger partial charge is 0.234 e. The third-order valence-electron chi connectivity index (χ3n) is 6.62. The molecule has 0 heterocycles. The monoisotopic (exact) mass is 443 g/mol. The van der Waals surface area contributed by atoms with Crippen LogP contribution in [-0.4, -0.2) is 20.1 Å². The molecule has 0 radical (unpaired) electrons. The molecule has 0 N–H and O–H groups in total. The lowest BCUT2D eigenvalue weighted by Crippen LogP contribution is -2.36. The van der Waals surface area contributed by atoms with Gasteiger partial charge in [0.2, 0.25) is 5.91 Å². The second kappa shape index (κ2) is 10.1. The van der Waals surface area contributed by atoms with E-state index >= 15 is 0 Å². The van der Waals surface area contributed by atoms with E-state index in [9.17, 15) is 4.79 Å². The number of hydrogen-bond acceptors (Lipinski definition) is 3. The van der Waals surface area contributed by atoms with Crippen molar-refractivity contribution in [1.82, 2.24) is 0 Å². The molecule has 0 aromatic heterocycles. The van der Waals surface area contributed by atoms with E-state index in [1.165, 1.54) is 11.1 Å². The summed E-state index contributed by atoms with van der Waals surface area (Å²) in [4.78, 5) is 16.0. The first-order chi connectivity index (χ1) is 16.0. The summed E-state index contributed by atoms with van der Waals surface area (Å²) in [6.07, 6.45) is 2.84. The maximum Gasteiger partial charge on any atom is 0.234 e. The Morgan fingerprint density at radius 2 is 1.76 bits per heavy atom. The fraction of sp³-hybridized carbons (Fsp3) is 0.345. The van der Waals surface area contributed by atoms with Crippen molar-refractivity contribution in [2.24, 2.45) is 0 Å². The molecule has 4 heteroatoms. The maximum atomic E-state index is 14.1. The zero-order valence-electron chi connectivity index (χ0n) is 20.0. The summed E-state index contributed by atoms with van der Waals surface area (Å²) in [6.45, 7) is 4.82. The Bertz CT molecular complexity index is 1100. The van der Waals surface area contributed by atoms with E-state index in [0.29, 0.717) is 12.5 Å². The number of ether oxygens (including phenoxy) is 2. The Hall–Kier alpha value is -3.27. The summed E-state index contributed by atoms with van der Waals surface area (Å²) in [5, 5.41) is 0. The number of carbonyl (C=O) groups excluding carboxylic acids is 1. The molecule has 1 unspecified atom stereocenters. The van der Waals surface area contributed by atoms with E-state index in [4.69, 9.17) is 9.47 Å². The van der Waals surface area contributed by atoms with Gasteiger partial charge in [-0.05, 0) is 72.2 Å². The van der Waals surface area contributed by atoms with Crippen LogP contribution in [0.2, 0.25) is 0 Å². The topological polar surface area (TPSA) is 38.8 Å². The number of benzene rings is 3. The van der Waals surface area contributed by atoms with Crippen molar-refractivity contribution >= 4 is 11.6 Å². The second-order valence-corrected chi connectivity index (χ2v) is 8.99. The van der Waals surface area contributed by atoms with Crippen molar-refractivity contribution in [3.63, 3.8) is 0 Å². The number of carbonyl (C=O) groups is 1. The number of hydrogen-bond donors (Lipinski definition) is 0. The number of nitrogens with zero attached hydrogens (tertiary/aromatic N) is 1. The maximum absolute atomic E-state index is 14.1. The molecule has 0 bridgehead atoms. The van der Waals surface area contributed by atoms with Gasteiger partial charge in [-0.2, -0.15) is 0 Å². The third kappa shape index (κ3) is 4.90. The molecule has 3 aromatic rings. The van der Waals surface area contributed by atoms with E-state index in [1.807, 2.05) is 41.3 Å². The number of aryl methyl sites for hydroxylation is 1. The van der Waals surface area contributed by atoms with Gasteiger partial charge in [-0.15, -0.1) is 0 Å². The zero-order chi connectivity index (χ0) is 23.4. The molecule has 0 aliphatic heterocycles. The van der Waals surface area contributed by atoms with Gasteiger partial charge in [0, 0.05) is 11.3 Å². The van der Waals surface area contributed by atoms with Crippen molar-refractivity contribution in [2.45, 2.75) is 51.5 Å². The largest absolute Gasteiger partial charge is 0.497 e. The quantitative estimate of drug-likeness (QED) is 0.419. The molecule has 1 aliphatic rings.